The van der Waals surface area contributed by atoms with Gasteiger partial charge in [0.15, 0.2) is 0 Å². The summed E-state index contributed by atoms with van der Waals surface area (Å²) in [5, 5.41) is 8.08. The lowest BCUT2D eigenvalue weighted by Crippen LogP contribution is -2.46. The first-order chi connectivity index (χ1) is 9.31. The molecule has 0 aromatic carbocycles. The fourth-order valence-corrected chi connectivity index (χ4v) is 2.30. The first-order valence-corrected chi connectivity index (χ1v) is 6.40. The van der Waals surface area contributed by atoms with Crippen LogP contribution in [0.25, 0.3) is 0 Å². The minimum Gasteiger partial charge on any atom is -0.354 e. The van der Waals surface area contributed by atoms with Crippen LogP contribution in [-0.4, -0.2) is 56.0 Å². The second-order valence-electron chi connectivity index (χ2n) is 4.71. The van der Waals surface area contributed by atoms with Crippen LogP contribution in [0.1, 0.15) is 5.69 Å². The Kier molecular flexibility index (Phi) is 3.37. The summed E-state index contributed by atoms with van der Waals surface area (Å²) < 4.78 is 1.74. The van der Waals surface area contributed by atoms with Gasteiger partial charge >= 0.3 is 0 Å². The van der Waals surface area contributed by atoms with E-state index in [1.54, 1.807) is 17.2 Å². The molecule has 1 aliphatic heterocycles. The molecule has 0 N–H and O–H groups in total. The molecule has 100 valence electrons. The van der Waals surface area contributed by atoms with Crippen molar-refractivity contribution >= 4 is 5.82 Å². The second kappa shape index (κ2) is 5.31. The highest BCUT2D eigenvalue weighted by molar-refractivity contribution is 5.36. The smallest absolute Gasteiger partial charge is 0.131 e. The van der Waals surface area contributed by atoms with Gasteiger partial charge in [0, 0.05) is 52.2 Å². The topological polar surface area (TPSA) is 63.0 Å². The lowest BCUT2D eigenvalue weighted by atomic mass is 10.3. The molecule has 0 saturated carbocycles. The van der Waals surface area contributed by atoms with E-state index < -0.39 is 0 Å². The Bertz CT molecular complexity index is 516. The summed E-state index contributed by atoms with van der Waals surface area (Å²) in [6.07, 6.45) is 5.35. The van der Waals surface area contributed by atoms with Gasteiger partial charge < -0.3 is 4.90 Å². The van der Waals surface area contributed by atoms with E-state index in [0.29, 0.717) is 0 Å². The molecule has 3 rings (SSSR count). The molecule has 1 saturated heterocycles. The molecule has 2 aromatic rings. The molecule has 0 unspecified atom stereocenters. The number of anilines is 1. The normalized spacial score (nSPS) is 16.8. The fraction of sp³-hybridized carbons (Fsp3) is 0.500. The van der Waals surface area contributed by atoms with Gasteiger partial charge in [-0.2, -0.15) is 0 Å². The number of aromatic nitrogens is 5. The van der Waals surface area contributed by atoms with Crippen LogP contribution < -0.4 is 4.90 Å². The molecule has 0 spiro atoms. The molecule has 2 aromatic heterocycles. The molecule has 0 radical (unpaired) electrons. The van der Waals surface area contributed by atoms with Crippen LogP contribution in [0.3, 0.4) is 0 Å². The standard InChI is InChI=1S/C12H17N7/c1-17-8-11(15-16-17)9-18-4-6-19(7-5-18)12-2-3-13-10-14-12/h2-3,8,10H,4-7,9H2,1H3. The van der Waals surface area contributed by atoms with Crippen molar-refractivity contribution in [2.24, 2.45) is 7.05 Å². The molecular formula is C12H17N7. The summed E-state index contributed by atoms with van der Waals surface area (Å²) in [6, 6.07) is 1.96. The van der Waals surface area contributed by atoms with Gasteiger partial charge in [-0.1, -0.05) is 5.21 Å². The van der Waals surface area contributed by atoms with Gasteiger partial charge in [0.25, 0.3) is 0 Å². The quantitative estimate of drug-likeness (QED) is 0.769. The molecule has 0 aliphatic carbocycles. The highest BCUT2D eigenvalue weighted by Crippen LogP contribution is 2.12. The third-order valence-corrected chi connectivity index (χ3v) is 3.30. The van der Waals surface area contributed by atoms with Crippen molar-refractivity contribution in [2.75, 3.05) is 31.1 Å². The Balaban J connectivity index is 1.55. The van der Waals surface area contributed by atoms with Crippen molar-refractivity contribution in [1.29, 1.82) is 0 Å². The lowest BCUT2D eigenvalue weighted by molar-refractivity contribution is 0.246. The Labute approximate surface area is 111 Å². The van der Waals surface area contributed by atoms with Gasteiger partial charge in [-0.05, 0) is 6.07 Å². The first-order valence-electron chi connectivity index (χ1n) is 6.40. The lowest BCUT2D eigenvalue weighted by Gasteiger charge is -2.34. The minimum atomic E-state index is 0.867. The monoisotopic (exact) mass is 259 g/mol. The Hall–Kier alpha value is -2.02. The van der Waals surface area contributed by atoms with E-state index in [-0.39, 0.29) is 0 Å². The Morgan fingerprint density at radius 3 is 2.68 bits per heavy atom. The number of hydrogen-bond donors (Lipinski definition) is 0. The number of piperazine rings is 1. The van der Waals surface area contributed by atoms with E-state index in [1.807, 2.05) is 19.3 Å². The average Bonchev–Trinajstić information content (AvgIpc) is 2.86. The van der Waals surface area contributed by atoms with Crippen molar-refractivity contribution < 1.29 is 0 Å². The Morgan fingerprint density at radius 1 is 1.21 bits per heavy atom. The highest BCUT2D eigenvalue weighted by atomic mass is 15.4. The maximum absolute atomic E-state index is 4.29. The number of aryl methyl sites for hydroxylation is 1. The summed E-state index contributed by atoms with van der Waals surface area (Å²) in [7, 11) is 1.89. The van der Waals surface area contributed by atoms with Crippen LogP contribution in [0.2, 0.25) is 0 Å². The minimum absolute atomic E-state index is 0.867. The predicted octanol–water partition coefficient (Wildman–Crippen LogP) is -0.0727. The third-order valence-electron chi connectivity index (χ3n) is 3.30. The van der Waals surface area contributed by atoms with Gasteiger partial charge in [-0.3, -0.25) is 9.58 Å². The van der Waals surface area contributed by atoms with E-state index in [0.717, 1.165) is 44.2 Å². The molecule has 7 heteroatoms. The largest absolute Gasteiger partial charge is 0.354 e. The number of nitrogens with zero attached hydrogens (tertiary/aromatic N) is 7. The van der Waals surface area contributed by atoms with Crippen LogP contribution in [0.15, 0.2) is 24.8 Å². The summed E-state index contributed by atoms with van der Waals surface area (Å²) in [5.41, 5.74) is 1.03. The van der Waals surface area contributed by atoms with E-state index >= 15 is 0 Å². The zero-order chi connectivity index (χ0) is 13.1. The zero-order valence-corrected chi connectivity index (χ0v) is 11.0. The molecule has 1 fully saturated rings. The summed E-state index contributed by atoms with van der Waals surface area (Å²) in [5.74, 6) is 1.01. The molecule has 1 aliphatic rings. The predicted molar refractivity (Wildman–Crippen MR) is 70.5 cm³/mol. The van der Waals surface area contributed by atoms with Crippen molar-refractivity contribution in [3.63, 3.8) is 0 Å². The van der Waals surface area contributed by atoms with Crippen LogP contribution >= 0.6 is 0 Å². The Morgan fingerprint density at radius 2 is 2.05 bits per heavy atom. The first kappa shape index (κ1) is 12.0. The van der Waals surface area contributed by atoms with Gasteiger partial charge in [-0.15, -0.1) is 5.10 Å². The maximum atomic E-state index is 4.29. The van der Waals surface area contributed by atoms with Gasteiger partial charge in [0.05, 0.1) is 5.69 Å². The summed E-state index contributed by atoms with van der Waals surface area (Å²) >= 11 is 0. The van der Waals surface area contributed by atoms with Crippen LogP contribution in [-0.2, 0) is 13.6 Å². The number of hydrogen-bond acceptors (Lipinski definition) is 6. The van der Waals surface area contributed by atoms with E-state index in [9.17, 15) is 0 Å². The number of rotatable bonds is 3. The summed E-state index contributed by atoms with van der Waals surface area (Å²) in [6.45, 7) is 4.86. The average molecular weight is 259 g/mol. The molecule has 19 heavy (non-hydrogen) atoms. The van der Waals surface area contributed by atoms with Crippen LogP contribution in [0, 0.1) is 0 Å². The van der Waals surface area contributed by atoms with Gasteiger partial charge in [-0.25, -0.2) is 9.97 Å². The van der Waals surface area contributed by atoms with Crippen LogP contribution in [0.5, 0.6) is 0 Å². The molecule has 3 heterocycles. The van der Waals surface area contributed by atoms with E-state index in [1.165, 1.54) is 0 Å². The molecule has 7 nitrogen and oxygen atoms in total. The maximum Gasteiger partial charge on any atom is 0.131 e. The second-order valence-corrected chi connectivity index (χ2v) is 4.71. The van der Waals surface area contributed by atoms with E-state index in [4.69, 9.17) is 0 Å². The van der Waals surface area contributed by atoms with Crippen LogP contribution in [0.4, 0.5) is 5.82 Å². The van der Waals surface area contributed by atoms with Crippen molar-refractivity contribution in [3.05, 3.63) is 30.5 Å². The molecule has 0 amide bonds. The SMILES string of the molecule is Cn1cc(CN2CCN(c3ccncn3)CC2)nn1. The van der Waals surface area contributed by atoms with Crippen molar-refractivity contribution in [3.8, 4) is 0 Å². The van der Waals surface area contributed by atoms with E-state index in [2.05, 4.69) is 30.1 Å². The van der Waals surface area contributed by atoms with Crippen molar-refractivity contribution in [2.45, 2.75) is 6.54 Å². The van der Waals surface area contributed by atoms with Gasteiger partial charge in [0.2, 0.25) is 0 Å². The van der Waals surface area contributed by atoms with Crippen molar-refractivity contribution in [1.82, 2.24) is 29.9 Å². The zero-order valence-electron chi connectivity index (χ0n) is 11.0. The fourth-order valence-electron chi connectivity index (χ4n) is 2.30. The summed E-state index contributed by atoms with van der Waals surface area (Å²) in [4.78, 5) is 12.9. The molecular weight excluding hydrogens is 242 g/mol. The van der Waals surface area contributed by atoms with Gasteiger partial charge in [0.1, 0.15) is 12.1 Å². The highest BCUT2D eigenvalue weighted by Gasteiger charge is 2.18. The molecule has 0 bridgehead atoms. The third kappa shape index (κ3) is 2.87. The molecule has 0 atom stereocenters.